The summed E-state index contributed by atoms with van der Waals surface area (Å²) in [4.78, 5) is 31.3. The number of halogens is 1. The van der Waals surface area contributed by atoms with Crippen LogP contribution in [0.1, 0.15) is 15.9 Å². The molecule has 6 nitrogen and oxygen atoms in total. The van der Waals surface area contributed by atoms with Crippen LogP contribution in [0.2, 0.25) is 5.15 Å². The molecule has 108 valence electrons. The summed E-state index contributed by atoms with van der Waals surface area (Å²) in [5.41, 5.74) is 6.48. The molecule has 0 radical (unpaired) electrons. The van der Waals surface area contributed by atoms with E-state index in [1.54, 1.807) is 24.3 Å². The Morgan fingerprint density at radius 2 is 1.95 bits per heavy atom. The van der Waals surface area contributed by atoms with E-state index in [0.717, 1.165) is 5.56 Å². The van der Waals surface area contributed by atoms with Crippen LogP contribution in [0.3, 0.4) is 0 Å². The van der Waals surface area contributed by atoms with E-state index in [4.69, 9.17) is 17.3 Å². The minimum atomic E-state index is -0.825. The lowest BCUT2D eigenvalue weighted by atomic mass is 10.1. The molecule has 0 unspecified atom stereocenters. The molecule has 0 spiro atoms. The first-order valence-electron chi connectivity index (χ1n) is 6.17. The second kappa shape index (κ2) is 6.81. The number of hydrogen-bond donors (Lipinski definition) is 2. The number of carbonyl (C=O) groups excluding carboxylic acids is 2. The number of nitrogens with one attached hydrogen (secondary N) is 1. The lowest BCUT2D eigenvalue weighted by Crippen LogP contribution is -2.45. The van der Waals surface area contributed by atoms with Gasteiger partial charge in [-0.1, -0.05) is 17.7 Å². The summed E-state index contributed by atoms with van der Waals surface area (Å²) in [5, 5.41) is 2.95. The van der Waals surface area contributed by atoms with E-state index in [9.17, 15) is 9.59 Å². The minimum Gasteiger partial charge on any atom is -0.368 e. The van der Waals surface area contributed by atoms with Gasteiger partial charge in [-0.15, -0.1) is 0 Å². The highest BCUT2D eigenvalue weighted by molar-refractivity contribution is 6.29. The first-order chi connectivity index (χ1) is 10.1. The summed E-state index contributed by atoms with van der Waals surface area (Å²) in [6.07, 6.45) is 4.78. The molecule has 0 saturated carbocycles. The van der Waals surface area contributed by atoms with Crippen molar-refractivity contribution in [3.05, 3.63) is 59.1 Å². The topological polar surface area (TPSA) is 98.0 Å². The predicted molar refractivity (Wildman–Crippen MR) is 77.6 cm³/mol. The number of nitrogens with zero attached hydrogens (tertiary/aromatic N) is 2. The zero-order valence-electron chi connectivity index (χ0n) is 11.0. The van der Waals surface area contributed by atoms with Gasteiger partial charge in [-0.05, 0) is 23.8 Å². The number of aromatic nitrogens is 2. The molecule has 2 amide bonds. The fraction of sp³-hybridized carbons (Fsp3) is 0.143. The molecule has 0 aliphatic heterocycles. The van der Waals surface area contributed by atoms with E-state index >= 15 is 0 Å². The molecule has 0 saturated heterocycles. The van der Waals surface area contributed by atoms with Gasteiger partial charge in [-0.25, -0.2) is 4.98 Å². The van der Waals surface area contributed by atoms with E-state index in [-0.39, 0.29) is 12.3 Å². The molecule has 2 aromatic heterocycles. The number of rotatable bonds is 5. The van der Waals surface area contributed by atoms with Gasteiger partial charge in [0.15, 0.2) is 0 Å². The van der Waals surface area contributed by atoms with Crippen LogP contribution in [0.15, 0.2) is 42.9 Å². The summed E-state index contributed by atoms with van der Waals surface area (Å²) in [5.74, 6) is -1.00. The van der Waals surface area contributed by atoms with Gasteiger partial charge in [-0.2, -0.15) is 0 Å². The highest BCUT2D eigenvalue weighted by atomic mass is 35.5. The summed E-state index contributed by atoms with van der Waals surface area (Å²) in [6.45, 7) is 0. The summed E-state index contributed by atoms with van der Waals surface area (Å²) in [6, 6.07) is 5.62. The van der Waals surface area contributed by atoms with Crippen LogP contribution < -0.4 is 11.1 Å². The SMILES string of the molecule is NC(=O)[C@H](Cc1ccc(Cl)nc1)NC(=O)c1ccncc1. The molecule has 2 heterocycles. The second-order valence-electron chi connectivity index (χ2n) is 4.36. The molecule has 0 fully saturated rings. The molecule has 21 heavy (non-hydrogen) atoms. The lowest BCUT2D eigenvalue weighted by molar-refractivity contribution is -0.119. The Balaban J connectivity index is 2.07. The average Bonchev–Trinajstić information content (AvgIpc) is 2.49. The highest BCUT2D eigenvalue weighted by Crippen LogP contribution is 2.08. The molecule has 0 aliphatic rings. The molecule has 1 atom stereocenters. The Hall–Kier alpha value is -2.47. The van der Waals surface area contributed by atoms with Crippen LogP contribution in [0.25, 0.3) is 0 Å². The fourth-order valence-electron chi connectivity index (χ4n) is 1.73. The molecule has 2 aromatic rings. The van der Waals surface area contributed by atoms with Crippen LogP contribution in [-0.4, -0.2) is 27.8 Å². The van der Waals surface area contributed by atoms with Crippen molar-refractivity contribution in [3.8, 4) is 0 Å². The van der Waals surface area contributed by atoms with Crippen molar-refractivity contribution in [2.24, 2.45) is 5.73 Å². The quantitative estimate of drug-likeness (QED) is 0.804. The third-order valence-electron chi connectivity index (χ3n) is 2.82. The fourth-order valence-corrected chi connectivity index (χ4v) is 1.84. The Bertz CT molecular complexity index is 631. The molecule has 0 bridgehead atoms. The van der Waals surface area contributed by atoms with Crippen molar-refractivity contribution < 1.29 is 9.59 Å². The number of nitrogens with two attached hydrogens (primary N) is 1. The number of carbonyl (C=O) groups is 2. The van der Waals surface area contributed by atoms with Gasteiger partial charge in [0.1, 0.15) is 11.2 Å². The van der Waals surface area contributed by atoms with E-state index in [1.807, 2.05) is 0 Å². The number of amides is 2. The van der Waals surface area contributed by atoms with E-state index in [2.05, 4.69) is 15.3 Å². The highest BCUT2D eigenvalue weighted by Gasteiger charge is 2.19. The smallest absolute Gasteiger partial charge is 0.252 e. The summed E-state index contributed by atoms with van der Waals surface area (Å²) < 4.78 is 0. The van der Waals surface area contributed by atoms with E-state index in [1.165, 1.54) is 18.6 Å². The summed E-state index contributed by atoms with van der Waals surface area (Å²) in [7, 11) is 0. The Labute approximate surface area is 126 Å². The molecule has 7 heteroatoms. The third-order valence-corrected chi connectivity index (χ3v) is 3.04. The third kappa shape index (κ3) is 4.25. The number of pyridine rings is 2. The minimum absolute atomic E-state index is 0.246. The first-order valence-corrected chi connectivity index (χ1v) is 6.54. The van der Waals surface area contributed by atoms with Gasteiger partial charge in [-0.3, -0.25) is 14.6 Å². The number of primary amides is 1. The van der Waals surface area contributed by atoms with Gasteiger partial charge in [0.25, 0.3) is 5.91 Å². The van der Waals surface area contributed by atoms with E-state index in [0.29, 0.717) is 10.7 Å². The normalized spacial score (nSPS) is 11.7. The van der Waals surface area contributed by atoms with Crippen LogP contribution >= 0.6 is 11.6 Å². The largest absolute Gasteiger partial charge is 0.368 e. The predicted octanol–water partition coefficient (Wildman–Crippen LogP) is 0.956. The zero-order chi connectivity index (χ0) is 15.2. The van der Waals surface area contributed by atoms with Crippen molar-refractivity contribution in [1.82, 2.24) is 15.3 Å². The maximum Gasteiger partial charge on any atom is 0.252 e. The van der Waals surface area contributed by atoms with Crippen LogP contribution in [0.5, 0.6) is 0 Å². The second-order valence-corrected chi connectivity index (χ2v) is 4.74. The summed E-state index contributed by atoms with van der Waals surface area (Å²) >= 11 is 5.70. The molecule has 3 N–H and O–H groups in total. The zero-order valence-corrected chi connectivity index (χ0v) is 11.7. The maximum absolute atomic E-state index is 12.0. The lowest BCUT2D eigenvalue weighted by Gasteiger charge is -2.15. The van der Waals surface area contributed by atoms with Crippen LogP contribution in [0.4, 0.5) is 0 Å². The number of hydrogen-bond acceptors (Lipinski definition) is 4. The van der Waals surface area contributed by atoms with E-state index < -0.39 is 11.9 Å². The Morgan fingerprint density at radius 1 is 1.24 bits per heavy atom. The first kappa shape index (κ1) is 14.9. The molecule has 0 aliphatic carbocycles. The monoisotopic (exact) mass is 304 g/mol. The standard InChI is InChI=1S/C14H13ClN4O2/c15-12-2-1-9(8-18-12)7-11(13(16)20)19-14(21)10-3-5-17-6-4-10/h1-6,8,11H,7H2,(H2,16,20)(H,19,21)/t11-/m0/s1. The Kier molecular flexibility index (Phi) is 4.84. The van der Waals surface area contributed by atoms with Crippen molar-refractivity contribution in [2.75, 3.05) is 0 Å². The molecular formula is C14H13ClN4O2. The van der Waals surface area contributed by atoms with Gasteiger partial charge < -0.3 is 11.1 Å². The van der Waals surface area contributed by atoms with Gasteiger partial charge in [0, 0.05) is 30.6 Å². The molecule has 2 rings (SSSR count). The maximum atomic E-state index is 12.0. The van der Waals surface area contributed by atoms with Crippen molar-refractivity contribution in [1.29, 1.82) is 0 Å². The van der Waals surface area contributed by atoms with Gasteiger partial charge >= 0.3 is 0 Å². The van der Waals surface area contributed by atoms with Gasteiger partial charge in [0.2, 0.25) is 5.91 Å². The van der Waals surface area contributed by atoms with Gasteiger partial charge in [0.05, 0.1) is 0 Å². The average molecular weight is 305 g/mol. The van der Waals surface area contributed by atoms with Crippen molar-refractivity contribution >= 4 is 23.4 Å². The van der Waals surface area contributed by atoms with Crippen LogP contribution in [-0.2, 0) is 11.2 Å². The van der Waals surface area contributed by atoms with Crippen molar-refractivity contribution in [2.45, 2.75) is 12.5 Å². The molecule has 0 aromatic carbocycles. The van der Waals surface area contributed by atoms with Crippen molar-refractivity contribution in [3.63, 3.8) is 0 Å². The molecular weight excluding hydrogens is 292 g/mol. The van der Waals surface area contributed by atoms with Crippen LogP contribution in [0, 0.1) is 0 Å². The Morgan fingerprint density at radius 3 is 2.52 bits per heavy atom.